The quantitative estimate of drug-likeness (QED) is 0.0646. The molecule has 2 aromatic rings. The Morgan fingerprint density at radius 3 is 2.16 bits per heavy atom. The van der Waals surface area contributed by atoms with Crippen molar-refractivity contribution in [3.63, 3.8) is 0 Å². The van der Waals surface area contributed by atoms with Crippen LogP contribution >= 0.6 is 0 Å². The lowest BCUT2D eigenvalue weighted by atomic mass is 10.1. The van der Waals surface area contributed by atoms with E-state index in [2.05, 4.69) is 29.4 Å². The fourth-order valence-corrected chi connectivity index (χ4v) is 4.57. The Morgan fingerprint density at radius 1 is 0.884 bits per heavy atom. The first-order valence-electron chi connectivity index (χ1n) is 16.2. The number of aliphatic hydroxyl groups excluding tert-OH is 1. The number of nitrogens with one attached hydrogen (secondary N) is 1. The van der Waals surface area contributed by atoms with Crippen LogP contribution < -0.4 is 14.8 Å². The summed E-state index contributed by atoms with van der Waals surface area (Å²) in [6, 6.07) is 8.03. The zero-order valence-electron chi connectivity index (χ0n) is 26.9. The number of hydrogen-bond acceptors (Lipinski definition) is 7. The van der Waals surface area contributed by atoms with Crippen LogP contribution in [0.15, 0.2) is 54.9 Å². The fraction of sp³-hybridized carbons (Fsp3) is 0.583. The van der Waals surface area contributed by atoms with Crippen molar-refractivity contribution in [3.05, 3.63) is 66.0 Å². The number of benzene rings is 1. The van der Waals surface area contributed by atoms with E-state index >= 15 is 0 Å². The van der Waals surface area contributed by atoms with Gasteiger partial charge in [-0.2, -0.15) is 0 Å². The molecule has 43 heavy (non-hydrogen) atoms. The van der Waals surface area contributed by atoms with Crippen molar-refractivity contribution in [1.29, 1.82) is 0 Å². The van der Waals surface area contributed by atoms with Crippen molar-refractivity contribution < 1.29 is 24.2 Å². The van der Waals surface area contributed by atoms with E-state index in [9.17, 15) is 14.7 Å². The van der Waals surface area contributed by atoms with Crippen LogP contribution in [0.25, 0.3) is 0 Å². The van der Waals surface area contributed by atoms with Crippen molar-refractivity contribution in [2.24, 2.45) is 0 Å². The molecule has 1 heterocycles. The summed E-state index contributed by atoms with van der Waals surface area (Å²) in [7, 11) is 0. The maximum atomic E-state index is 12.7. The number of nitrogens with zero attached hydrogens (tertiary/aromatic N) is 1. The number of β-amino-alcohol motifs (C(OH)–C–C–N with tert-alkyl or cyclic N) is 1. The molecule has 1 atom stereocenters. The number of carbonyl (C=O) groups excluding carboxylic acids is 2. The topological polar surface area (TPSA) is 97.8 Å². The normalized spacial score (nSPS) is 12.4. The third-order valence-corrected chi connectivity index (χ3v) is 7.14. The van der Waals surface area contributed by atoms with Crippen molar-refractivity contribution in [3.8, 4) is 11.5 Å². The molecule has 0 aliphatic heterocycles. The monoisotopic (exact) mass is 594 g/mol. The van der Waals surface area contributed by atoms with Gasteiger partial charge in [0.15, 0.2) is 11.5 Å². The van der Waals surface area contributed by atoms with Gasteiger partial charge in [0.2, 0.25) is 0 Å². The zero-order valence-corrected chi connectivity index (χ0v) is 26.9. The number of aliphatic hydroxyl groups is 1. The summed E-state index contributed by atoms with van der Waals surface area (Å²) in [5.41, 5.74) is 0.674. The van der Waals surface area contributed by atoms with Gasteiger partial charge >= 0.3 is 11.9 Å². The summed E-state index contributed by atoms with van der Waals surface area (Å²) < 4.78 is 11.2. The van der Waals surface area contributed by atoms with Gasteiger partial charge in [-0.1, -0.05) is 76.5 Å². The number of allylic oxidation sites excluding steroid dienone is 2. The lowest BCUT2D eigenvalue weighted by molar-refractivity contribution is -0.134. The van der Waals surface area contributed by atoms with E-state index in [0.717, 1.165) is 32.1 Å². The van der Waals surface area contributed by atoms with Crippen molar-refractivity contribution in [1.82, 2.24) is 10.3 Å². The van der Waals surface area contributed by atoms with Crippen molar-refractivity contribution in [2.45, 2.75) is 129 Å². The smallest absolute Gasteiger partial charge is 0.345 e. The molecule has 0 radical (unpaired) electrons. The van der Waals surface area contributed by atoms with Crippen LogP contribution in [0.3, 0.4) is 0 Å². The molecule has 2 N–H and O–H groups in total. The van der Waals surface area contributed by atoms with Crippen LogP contribution in [0, 0.1) is 0 Å². The number of aromatic nitrogens is 1. The van der Waals surface area contributed by atoms with Crippen LogP contribution in [0.1, 0.15) is 140 Å². The van der Waals surface area contributed by atoms with Gasteiger partial charge in [0.05, 0.1) is 11.7 Å². The van der Waals surface area contributed by atoms with Gasteiger partial charge in [0.25, 0.3) is 0 Å². The largest absolute Gasteiger partial charge is 0.423 e. The molecule has 1 aromatic heterocycles. The molecule has 0 bridgehead atoms. The van der Waals surface area contributed by atoms with E-state index in [0.29, 0.717) is 12.1 Å². The number of hydrogen-bond donors (Lipinski definition) is 2. The Hall–Kier alpha value is -3.03. The van der Waals surface area contributed by atoms with Crippen LogP contribution in [0.2, 0.25) is 0 Å². The molecular weight excluding hydrogens is 540 g/mol. The average molecular weight is 595 g/mol. The SMILES string of the molecule is CCCCCCCCC=CCCCCCCCC(=O)Oc1cc(C(O)CNC(C)(C)C)ccc1OC(=O)c1cccnc1. The van der Waals surface area contributed by atoms with Crippen LogP contribution in [0.5, 0.6) is 11.5 Å². The summed E-state index contributed by atoms with van der Waals surface area (Å²) in [4.78, 5) is 29.3. The molecule has 0 fully saturated rings. The molecule has 7 heteroatoms. The van der Waals surface area contributed by atoms with E-state index in [4.69, 9.17) is 9.47 Å². The number of esters is 2. The highest BCUT2D eigenvalue weighted by atomic mass is 16.6. The molecule has 0 amide bonds. The molecule has 7 nitrogen and oxygen atoms in total. The fourth-order valence-electron chi connectivity index (χ4n) is 4.57. The standard InChI is InChI=1S/C36H54N2O5/c1-5-6-7-8-9-10-11-12-13-14-15-16-17-18-19-22-34(40)42-33-26-29(31(39)28-38-36(2,3)4)23-24-32(33)43-35(41)30-21-20-25-37-27-30/h12-13,20-21,23-27,31,38-39H,5-11,14-19,22,28H2,1-4H3. The summed E-state index contributed by atoms with van der Waals surface area (Å²) in [6.45, 7) is 8.62. The zero-order chi connectivity index (χ0) is 31.3. The summed E-state index contributed by atoms with van der Waals surface area (Å²) in [5, 5.41) is 14.0. The molecular formula is C36H54N2O5. The minimum atomic E-state index is -0.829. The maximum Gasteiger partial charge on any atom is 0.345 e. The lowest BCUT2D eigenvalue weighted by Gasteiger charge is -2.23. The van der Waals surface area contributed by atoms with Crippen LogP contribution in [-0.4, -0.2) is 34.1 Å². The predicted molar refractivity (Wildman–Crippen MR) is 173 cm³/mol. The Kier molecular flexibility index (Phi) is 17.5. The average Bonchev–Trinajstić information content (AvgIpc) is 2.98. The second kappa shape index (κ2) is 20.8. The van der Waals surface area contributed by atoms with E-state index in [1.807, 2.05) is 20.8 Å². The molecule has 0 aliphatic carbocycles. The highest BCUT2D eigenvalue weighted by molar-refractivity contribution is 5.91. The van der Waals surface area contributed by atoms with Gasteiger partial charge in [-0.25, -0.2) is 4.79 Å². The highest BCUT2D eigenvalue weighted by Gasteiger charge is 2.19. The van der Waals surface area contributed by atoms with E-state index in [1.54, 1.807) is 36.5 Å². The third-order valence-electron chi connectivity index (χ3n) is 7.14. The number of unbranched alkanes of at least 4 members (excludes halogenated alkanes) is 11. The molecule has 0 aliphatic rings. The third kappa shape index (κ3) is 16.4. The molecule has 0 spiro atoms. The molecule has 1 aromatic carbocycles. The Bertz CT molecular complexity index is 1090. The number of ether oxygens (including phenoxy) is 2. The summed E-state index contributed by atoms with van der Waals surface area (Å²) in [5.74, 6) is -0.769. The Morgan fingerprint density at radius 2 is 1.53 bits per heavy atom. The molecule has 2 rings (SSSR count). The minimum absolute atomic E-state index is 0.113. The van der Waals surface area contributed by atoms with Gasteiger partial charge in [-0.05, 0) is 82.7 Å². The van der Waals surface area contributed by atoms with E-state index in [-0.39, 0.29) is 29.0 Å². The first-order chi connectivity index (χ1) is 20.7. The van der Waals surface area contributed by atoms with Gasteiger partial charge in [0.1, 0.15) is 0 Å². The summed E-state index contributed by atoms with van der Waals surface area (Å²) >= 11 is 0. The van der Waals surface area contributed by atoms with Gasteiger partial charge in [0, 0.05) is 30.9 Å². The number of rotatable bonds is 21. The maximum absolute atomic E-state index is 12.7. The summed E-state index contributed by atoms with van der Waals surface area (Å²) in [6.07, 6.45) is 22.5. The Labute approximate surface area is 259 Å². The molecule has 1 unspecified atom stereocenters. The van der Waals surface area contributed by atoms with Gasteiger partial charge in [-0.3, -0.25) is 9.78 Å². The second-order valence-electron chi connectivity index (χ2n) is 12.3. The minimum Gasteiger partial charge on any atom is -0.423 e. The molecule has 0 saturated carbocycles. The predicted octanol–water partition coefficient (Wildman–Crippen LogP) is 8.67. The van der Waals surface area contributed by atoms with Gasteiger partial charge < -0.3 is 19.9 Å². The second-order valence-corrected chi connectivity index (χ2v) is 12.3. The van der Waals surface area contributed by atoms with Gasteiger partial charge in [-0.15, -0.1) is 0 Å². The van der Waals surface area contributed by atoms with Crippen LogP contribution in [0.4, 0.5) is 0 Å². The number of carbonyl (C=O) groups is 2. The van der Waals surface area contributed by atoms with Crippen molar-refractivity contribution in [2.75, 3.05) is 6.54 Å². The first-order valence-corrected chi connectivity index (χ1v) is 16.2. The van der Waals surface area contributed by atoms with Crippen LogP contribution in [-0.2, 0) is 4.79 Å². The highest BCUT2D eigenvalue weighted by Crippen LogP contribution is 2.32. The molecule has 0 saturated heterocycles. The molecule has 238 valence electrons. The first kappa shape index (κ1) is 36.2. The lowest BCUT2D eigenvalue weighted by Crippen LogP contribution is -2.38. The number of pyridine rings is 1. The van der Waals surface area contributed by atoms with Crippen molar-refractivity contribution >= 4 is 11.9 Å². The van der Waals surface area contributed by atoms with E-state index in [1.165, 1.54) is 57.6 Å². The Balaban J connectivity index is 1.80. The van der Waals surface area contributed by atoms with E-state index < -0.39 is 18.0 Å².